The number of halogens is 1. The third kappa shape index (κ3) is 3.03. The Morgan fingerprint density at radius 1 is 1.44 bits per heavy atom. The summed E-state index contributed by atoms with van der Waals surface area (Å²) in [5.74, 6) is 0. The van der Waals surface area contributed by atoms with Gasteiger partial charge in [0.05, 0.1) is 5.02 Å². The van der Waals surface area contributed by atoms with Crippen molar-refractivity contribution >= 4 is 21.6 Å². The topological polar surface area (TPSA) is 58.2 Å². The fraction of sp³-hybridized carbons (Fsp3) is 0.500. The number of sulfonamides is 1. The van der Waals surface area contributed by atoms with Crippen LogP contribution in [0.4, 0.5) is 0 Å². The van der Waals surface area contributed by atoms with E-state index in [1.165, 1.54) is 6.07 Å². The van der Waals surface area contributed by atoms with Gasteiger partial charge in [0.25, 0.3) is 0 Å². The van der Waals surface area contributed by atoms with Crippen LogP contribution in [0.25, 0.3) is 0 Å². The minimum atomic E-state index is -3.54. The number of hydrogen-bond acceptors (Lipinski definition) is 3. The van der Waals surface area contributed by atoms with Crippen molar-refractivity contribution in [3.8, 4) is 0 Å². The first-order valence-electron chi connectivity index (χ1n) is 5.99. The van der Waals surface area contributed by atoms with Gasteiger partial charge in [-0.05, 0) is 37.9 Å². The van der Waals surface area contributed by atoms with Gasteiger partial charge in [0.2, 0.25) is 10.0 Å². The zero-order valence-corrected chi connectivity index (χ0v) is 11.8. The molecule has 0 amide bonds. The monoisotopic (exact) mass is 288 g/mol. The van der Waals surface area contributed by atoms with Crippen molar-refractivity contribution in [3.63, 3.8) is 0 Å². The zero-order chi connectivity index (χ0) is 13.2. The Hall–Kier alpha value is -0.620. The van der Waals surface area contributed by atoms with Crippen molar-refractivity contribution in [2.45, 2.75) is 30.7 Å². The van der Waals surface area contributed by atoms with Gasteiger partial charge in [-0.25, -0.2) is 13.1 Å². The molecule has 1 aromatic carbocycles. The Balaban J connectivity index is 2.22. The number of benzene rings is 1. The van der Waals surface area contributed by atoms with Crippen molar-refractivity contribution in [1.82, 2.24) is 10.0 Å². The minimum absolute atomic E-state index is 0.0553. The van der Waals surface area contributed by atoms with Gasteiger partial charge in [0.15, 0.2) is 0 Å². The maximum atomic E-state index is 12.3. The molecule has 1 heterocycles. The largest absolute Gasteiger partial charge is 0.315 e. The van der Waals surface area contributed by atoms with E-state index in [-0.39, 0.29) is 10.9 Å². The third-order valence-electron chi connectivity index (χ3n) is 3.06. The first-order chi connectivity index (χ1) is 8.50. The van der Waals surface area contributed by atoms with Crippen LogP contribution in [0.15, 0.2) is 23.1 Å². The Bertz CT molecular complexity index is 525. The molecule has 6 heteroatoms. The molecule has 1 fully saturated rings. The van der Waals surface area contributed by atoms with E-state index in [0.29, 0.717) is 11.6 Å². The van der Waals surface area contributed by atoms with E-state index in [0.717, 1.165) is 24.9 Å². The van der Waals surface area contributed by atoms with Crippen LogP contribution in [0.5, 0.6) is 0 Å². The van der Waals surface area contributed by atoms with E-state index in [2.05, 4.69) is 10.0 Å². The first-order valence-corrected chi connectivity index (χ1v) is 7.85. The van der Waals surface area contributed by atoms with E-state index >= 15 is 0 Å². The second-order valence-corrected chi connectivity index (χ2v) is 6.61. The molecule has 1 aliphatic rings. The summed E-state index contributed by atoms with van der Waals surface area (Å²) in [4.78, 5) is 0.162. The molecular formula is C12H17ClN2O2S. The predicted octanol–water partition coefficient (Wildman–Crippen LogP) is 1.68. The van der Waals surface area contributed by atoms with E-state index in [1.54, 1.807) is 19.1 Å². The van der Waals surface area contributed by atoms with Crippen LogP contribution in [0.3, 0.4) is 0 Å². The smallest absolute Gasteiger partial charge is 0.242 e. The Labute approximate surface area is 113 Å². The highest BCUT2D eigenvalue weighted by Gasteiger charge is 2.23. The van der Waals surface area contributed by atoms with E-state index < -0.39 is 10.0 Å². The van der Waals surface area contributed by atoms with Crippen molar-refractivity contribution in [3.05, 3.63) is 28.8 Å². The summed E-state index contributed by atoms with van der Waals surface area (Å²) >= 11 is 6.06. The predicted molar refractivity (Wildman–Crippen MR) is 72.4 cm³/mol. The van der Waals surface area contributed by atoms with Crippen LogP contribution < -0.4 is 10.0 Å². The maximum absolute atomic E-state index is 12.3. The van der Waals surface area contributed by atoms with Crippen LogP contribution in [0.2, 0.25) is 5.02 Å². The number of aryl methyl sites for hydroxylation is 1. The lowest BCUT2D eigenvalue weighted by atomic mass is 10.1. The summed E-state index contributed by atoms with van der Waals surface area (Å²) in [5.41, 5.74) is 0.765. The van der Waals surface area contributed by atoms with Crippen molar-refractivity contribution < 1.29 is 8.42 Å². The molecule has 1 aliphatic heterocycles. The van der Waals surface area contributed by atoms with E-state index in [4.69, 9.17) is 11.6 Å². The summed E-state index contributed by atoms with van der Waals surface area (Å²) in [6.07, 6.45) is 1.84. The molecule has 18 heavy (non-hydrogen) atoms. The van der Waals surface area contributed by atoms with Crippen LogP contribution in [-0.2, 0) is 10.0 Å². The fourth-order valence-corrected chi connectivity index (χ4v) is 3.92. The number of nitrogens with one attached hydrogen (secondary N) is 2. The van der Waals surface area contributed by atoms with Crippen molar-refractivity contribution in [2.24, 2.45) is 0 Å². The highest BCUT2D eigenvalue weighted by atomic mass is 35.5. The molecule has 1 atom stereocenters. The van der Waals surface area contributed by atoms with Gasteiger partial charge >= 0.3 is 0 Å². The standard InChI is InChI=1S/C12H17ClN2O2S/c1-9-4-2-6-11(12(9)13)18(16,17)15-10-5-3-7-14-8-10/h2,4,6,10,14-15H,3,5,7-8H2,1H3/t10-/m1/s1. The molecule has 0 unspecified atom stereocenters. The van der Waals surface area contributed by atoms with E-state index in [9.17, 15) is 8.42 Å². The first kappa shape index (κ1) is 13.8. The number of hydrogen-bond donors (Lipinski definition) is 2. The lowest BCUT2D eigenvalue weighted by Gasteiger charge is -2.23. The van der Waals surface area contributed by atoms with Gasteiger partial charge in [-0.2, -0.15) is 0 Å². The van der Waals surface area contributed by atoms with Crippen molar-refractivity contribution in [1.29, 1.82) is 0 Å². The maximum Gasteiger partial charge on any atom is 0.242 e. The molecular weight excluding hydrogens is 272 g/mol. The Kier molecular flexibility index (Phi) is 4.27. The second-order valence-electron chi connectivity index (χ2n) is 4.55. The molecule has 0 saturated carbocycles. The molecule has 0 aliphatic carbocycles. The lowest BCUT2D eigenvalue weighted by molar-refractivity contribution is 0.428. The lowest BCUT2D eigenvalue weighted by Crippen LogP contribution is -2.45. The van der Waals surface area contributed by atoms with Gasteiger partial charge in [-0.1, -0.05) is 23.7 Å². The normalized spacial score (nSPS) is 20.9. The molecule has 0 radical (unpaired) electrons. The van der Waals surface area contributed by atoms with Gasteiger partial charge in [-0.15, -0.1) is 0 Å². The van der Waals surface area contributed by atoms with Crippen LogP contribution in [0, 0.1) is 6.92 Å². The average molecular weight is 289 g/mol. The average Bonchev–Trinajstić information content (AvgIpc) is 2.33. The molecule has 2 N–H and O–H groups in total. The quantitative estimate of drug-likeness (QED) is 0.890. The molecule has 100 valence electrons. The van der Waals surface area contributed by atoms with Crippen LogP contribution in [-0.4, -0.2) is 27.5 Å². The highest BCUT2D eigenvalue weighted by molar-refractivity contribution is 7.89. The van der Waals surface area contributed by atoms with Gasteiger partial charge < -0.3 is 5.32 Å². The molecule has 0 bridgehead atoms. The van der Waals surface area contributed by atoms with Crippen molar-refractivity contribution in [2.75, 3.05) is 13.1 Å². The molecule has 0 spiro atoms. The molecule has 1 saturated heterocycles. The summed E-state index contributed by atoms with van der Waals surface area (Å²) in [6, 6.07) is 4.98. The molecule has 0 aromatic heterocycles. The second kappa shape index (κ2) is 5.57. The van der Waals surface area contributed by atoms with Gasteiger partial charge in [-0.3, -0.25) is 0 Å². The summed E-state index contributed by atoms with van der Waals surface area (Å²) in [5, 5.41) is 3.47. The number of piperidine rings is 1. The number of rotatable bonds is 3. The third-order valence-corrected chi connectivity index (χ3v) is 5.24. The van der Waals surface area contributed by atoms with Crippen LogP contribution >= 0.6 is 11.6 Å². The highest BCUT2D eigenvalue weighted by Crippen LogP contribution is 2.24. The van der Waals surface area contributed by atoms with Gasteiger partial charge in [0.1, 0.15) is 4.90 Å². The summed E-state index contributed by atoms with van der Waals surface area (Å²) in [6.45, 7) is 3.41. The molecule has 2 rings (SSSR count). The Morgan fingerprint density at radius 2 is 2.22 bits per heavy atom. The SMILES string of the molecule is Cc1cccc(S(=O)(=O)N[C@@H]2CCCNC2)c1Cl. The van der Waals surface area contributed by atoms with Crippen LogP contribution in [0.1, 0.15) is 18.4 Å². The summed E-state index contributed by atoms with van der Waals surface area (Å²) < 4.78 is 27.2. The molecule has 4 nitrogen and oxygen atoms in total. The molecule has 1 aromatic rings. The zero-order valence-electron chi connectivity index (χ0n) is 10.2. The van der Waals surface area contributed by atoms with Gasteiger partial charge in [0, 0.05) is 12.6 Å². The fourth-order valence-electron chi connectivity index (χ4n) is 2.06. The minimum Gasteiger partial charge on any atom is -0.315 e. The van der Waals surface area contributed by atoms with E-state index in [1.807, 2.05) is 0 Å². The Morgan fingerprint density at radius 3 is 2.89 bits per heavy atom. The summed E-state index contributed by atoms with van der Waals surface area (Å²) in [7, 11) is -3.54.